The van der Waals surface area contributed by atoms with Crippen LogP contribution in [-0.2, 0) is 14.3 Å². The van der Waals surface area contributed by atoms with Gasteiger partial charge in [0.1, 0.15) is 0 Å². The number of hydrogen-bond donors (Lipinski definition) is 1. The molecule has 1 N–H and O–H groups in total. The molecule has 0 unspecified atom stereocenters. The first-order valence-corrected chi connectivity index (χ1v) is 6.20. The van der Waals surface area contributed by atoms with Gasteiger partial charge >= 0.3 is 5.97 Å². The van der Waals surface area contributed by atoms with Crippen molar-refractivity contribution in [2.75, 3.05) is 26.2 Å². The van der Waals surface area contributed by atoms with Crippen molar-refractivity contribution in [3.63, 3.8) is 0 Å². The van der Waals surface area contributed by atoms with Crippen LogP contribution in [0.1, 0.15) is 26.2 Å². The molecule has 1 saturated carbocycles. The number of nitrogens with one attached hydrogen (secondary N) is 1. The predicted octanol–water partition coefficient (Wildman–Crippen LogP) is 0.0438. The summed E-state index contributed by atoms with van der Waals surface area (Å²) in [6, 6.07) is 2.27. The van der Waals surface area contributed by atoms with Crippen molar-refractivity contribution in [2.45, 2.75) is 32.2 Å². The van der Waals surface area contributed by atoms with Crippen LogP contribution in [0, 0.1) is 11.3 Å². The minimum Gasteiger partial charge on any atom is -0.465 e. The lowest BCUT2D eigenvalue weighted by molar-refractivity contribution is -0.144. The Balaban J connectivity index is 2.31. The fourth-order valence-corrected chi connectivity index (χ4v) is 1.62. The minimum absolute atomic E-state index is 0.151. The summed E-state index contributed by atoms with van der Waals surface area (Å²) in [6.07, 6.45) is 2.34. The van der Waals surface area contributed by atoms with Crippen LogP contribution < -0.4 is 5.32 Å². The molecule has 0 saturated heterocycles. The molecule has 0 aromatic carbocycles. The van der Waals surface area contributed by atoms with Crippen LogP contribution in [0.4, 0.5) is 0 Å². The number of nitriles is 1. The van der Waals surface area contributed by atoms with Crippen molar-refractivity contribution in [3.8, 4) is 6.07 Å². The van der Waals surface area contributed by atoms with Crippen molar-refractivity contribution in [1.29, 1.82) is 5.26 Å². The Kier molecular flexibility index (Phi) is 6.15. The third kappa shape index (κ3) is 5.64. The van der Waals surface area contributed by atoms with E-state index in [2.05, 4.69) is 5.32 Å². The lowest BCUT2D eigenvalue weighted by atomic mass is 10.4. The fourth-order valence-electron chi connectivity index (χ4n) is 1.62. The van der Waals surface area contributed by atoms with Gasteiger partial charge in [0.2, 0.25) is 5.91 Å². The van der Waals surface area contributed by atoms with Crippen LogP contribution in [-0.4, -0.2) is 49.1 Å². The number of rotatable bonds is 8. The highest BCUT2D eigenvalue weighted by atomic mass is 16.5. The summed E-state index contributed by atoms with van der Waals surface area (Å²) in [5.41, 5.74) is 0. The zero-order valence-electron chi connectivity index (χ0n) is 10.6. The average molecular weight is 253 g/mol. The fraction of sp³-hybridized carbons (Fsp3) is 0.750. The predicted molar refractivity (Wildman–Crippen MR) is 64.5 cm³/mol. The summed E-state index contributed by atoms with van der Waals surface area (Å²) in [6.45, 7) is 2.81. The number of ether oxygens (including phenoxy) is 1. The van der Waals surface area contributed by atoms with Crippen LogP contribution in [0.15, 0.2) is 0 Å². The molecule has 1 aliphatic carbocycles. The lowest BCUT2D eigenvalue weighted by Gasteiger charge is -2.19. The Morgan fingerprint density at radius 1 is 1.44 bits per heavy atom. The molecule has 0 heterocycles. The molecule has 6 nitrogen and oxygen atoms in total. The Labute approximate surface area is 107 Å². The number of nitrogens with zero attached hydrogens (tertiary/aromatic N) is 2. The minimum atomic E-state index is -0.297. The average Bonchev–Trinajstić information content (AvgIpc) is 3.12. The van der Waals surface area contributed by atoms with Crippen molar-refractivity contribution >= 4 is 11.9 Å². The van der Waals surface area contributed by atoms with Crippen LogP contribution in [0.2, 0.25) is 0 Å². The van der Waals surface area contributed by atoms with Gasteiger partial charge < -0.3 is 10.1 Å². The molecule has 1 amide bonds. The molecule has 0 aromatic heterocycles. The molecule has 6 heteroatoms. The second-order valence-corrected chi connectivity index (χ2v) is 4.20. The number of esters is 1. The molecular weight excluding hydrogens is 234 g/mol. The van der Waals surface area contributed by atoms with E-state index in [1.807, 2.05) is 11.0 Å². The first-order chi connectivity index (χ1) is 8.67. The maximum Gasteiger partial charge on any atom is 0.320 e. The third-order valence-corrected chi connectivity index (χ3v) is 2.61. The Hall–Kier alpha value is -1.61. The van der Waals surface area contributed by atoms with Gasteiger partial charge in [-0.1, -0.05) is 0 Å². The third-order valence-electron chi connectivity index (χ3n) is 2.61. The summed E-state index contributed by atoms with van der Waals surface area (Å²) in [7, 11) is 0. The molecule has 0 spiro atoms. The van der Waals surface area contributed by atoms with Crippen molar-refractivity contribution in [2.24, 2.45) is 0 Å². The number of carbonyl (C=O) groups excluding carboxylic acids is 2. The highest BCUT2D eigenvalue weighted by Gasteiger charge is 2.31. The summed E-state index contributed by atoms with van der Waals surface area (Å²) in [5, 5.41) is 11.0. The standard InChI is InChI=1S/C12H19N3O3/c1-2-18-12(17)9-15(10-4-5-10)8-11(16)14-7-3-6-13/h10H,2-5,7-9H2,1H3,(H,14,16). The van der Waals surface area contributed by atoms with Gasteiger partial charge in [-0.05, 0) is 19.8 Å². The summed E-state index contributed by atoms with van der Waals surface area (Å²) < 4.78 is 4.88. The molecule has 1 fully saturated rings. The van der Waals surface area contributed by atoms with E-state index in [0.717, 1.165) is 12.8 Å². The van der Waals surface area contributed by atoms with Crippen LogP contribution in [0.25, 0.3) is 0 Å². The van der Waals surface area contributed by atoms with Crippen LogP contribution in [0.5, 0.6) is 0 Å². The summed E-state index contributed by atoms with van der Waals surface area (Å²) in [4.78, 5) is 24.8. The van der Waals surface area contributed by atoms with E-state index >= 15 is 0 Å². The molecule has 1 aliphatic rings. The van der Waals surface area contributed by atoms with E-state index < -0.39 is 0 Å². The topological polar surface area (TPSA) is 82.4 Å². The number of amides is 1. The first-order valence-electron chi connectivity index (χ1n) is 6.20. The second kappa shape index (κ2) is 7.67. The van der Waals surface area contributed by atoms with Gasteiger partial charge in [-0.2, -0.15) is 5.26 Å². The molecule has 100 valence electrons. The van der Waals surface area contributed by atoms with Gasteiger partial charge in [-0.3, -0.25) is 14.5 Å². The van der Waals surface area contributed by atoms with Gasteiger partial charge in [0, 0.05) is 12.6 Å². The Bertz CT molecular complexity index is 334. The Morgan fingerprint density at radius 3 is 2.72 bits per heavy atom. The molecule has 18 heavy (non-hydrogen) atoms. The first kappa shape index (κ1) is 14.5. The van der Waals surface area contributed by atoms with Gasteiger partial charge in [0.15, 0.2) is 0 Å². The van der Waals surface area contributed by atoms with Crippen molar-refractivity contribution in [1.82, 2.24) is 10.2 Å². The molecule has 1 rings (SSSR count). The van der Waals surface area contributed by atoms with E-state index in [0.29, 0.717) is 25.6 Å². The Morgan fingerprint density at radius 2 is 2.17 bits per heavy atom. The van der Waals surface area contributed by atoms with Crippen molar-refractivity contribution < 1.29 is 14.3 Å². The van der Waals surface area contributed by atoms with Gasteiger partial charge in [0.05, 0.1) is 32.2 Å². The quantitative estimate of drug-likeness (QED) is 0.488. The summed E-state index contributed by atoms with van der Waals surface area (Å²) in [5.74, 6) is -0.448. The number of carbonyl (C=O) groups is 2. The van der Waals surface area contributed by atoms with Crippen molar-refractivity contribution in [3.05, 3.63) is 0 Å². The highest BCUT2D eigenvalue weighted by molar-refractivity contribution is 5.79. The molecule has 0 bridgehead atoms. The van der Waals surface area contributed by atoms with Gasteiger partial charge in [0.25, 0.3) is 0 Å². The monoisotopic (exact) mass is 253 g/mol. The molecule has 0 aromatic rings. The SMILES string of the molecule is CCOC(=O)CN(CC(=O)NCCC#N)C1CC1. The van der Waals surface area contributed by atoms with Crippen LogP contribution >= 0.6 is 0 Å². The highest BCUT2D eigenvalue weighted by Crippen LogP contribution is 2.26. The maximum absolute atomic E-state index is 11.6. The molecule has 0 aliphatic heterocycles. The van der Waals surface area contributed by atoms with E-state index in [4.69, 9.17) is 10.00 Å². The lowest BCUT2D eigenvalue weighted by Crippen LogP contribution is -2.41. The van der Waals surface area contributed by atoms with Crippen LogP contribution in [0.3, 0.4) is 0 Å². The summed E-state index contributed by atoms with van der Waals surface area (Å²) >= 11 is 0. The molecule has 0 radical (unpaired) electrons. The number of hydrogen-bond acceptors (Lipinski definition) is 5. The zero-order valence-corrected chi connectivity index (χ0v) is 10.6. The molecule has 0 atom stereocenters. The zero-order chi connectivity index (χ0) is 13.4. The van der Waals surface area contributed by atoms with Gasteiger partial charge in [-0.15, -0.1) is 0 Å². The van der Waals surface area contributed by atoms with E-state index in [-0.39, 0.29) is 25.0 Å². The second-order valence-electron chi connectivity index (χ2n) is 4.20. The molecular formula is C12H19N3O3. The largest absolute Gasteiger partial charge is 0.465 e. The normalized spacial score (nSPS) is 14.1. The van der Waals surface area contributed by atoms with E-state index in [9.17, 15) is 9.59 Å². The van der Waals surface area contributed by atoms with E-state index in [1.54, 1.807) is 6.92 Å². The van der Waals surface area contributed by atoms with E-state index in [1.165, 1.54) is 0 Å². The smallest absolute Gasteiger partial charge is 0.320 e. The van der Waals surface area contributed by atoms with Gasteiger partial charge in [-0.25, -0.2) is 0 Å². The maximum atomic E-state index is 11.6.